The second-order valence-electron chi connectivity index (χ2n) is 0. The van der Waals surface area contributed by atoms with Crippen molar-refractivity contribution in [3.05, 3.63) is 0 Å². The van der Waals surface area contributed by atoms with Gasteiger partial charge >= 0.3 is 17.1 Å². The summed E-state index contributed by atoms with van der Waals surface area (Å²) in [4.78, 5) is 0. The van der Waals surface area contributed by atoms with Crippen molar-refractivity contribution in [1.29, 1.82) is 0 Å². The summed E-state index contributed by atoms with van der Waals surface area (Å²) in [7, 11) is 0. The molecule has 0 saturated heterocycles. The summed E-state index contributed by atoms with van der Waals surface area (Å²) in [6, 6.07) is 0. The van der Waals surface area contributed by atoms with E-state index in [0.29, 0.717) is 0 Å². The maximum absolute atomic E-state index is 0. The molecule has 0 aliphatic carbocycles. The Balaban J connectivity index is 0. The molecule has 0 fully saturated rings. The van der Waals surface area contributed by atoms with Gasteiger partial charge in [-0.3, -0.25) is 0 Å². The molecule has 0 atom stereocenters. The number of hydrogen-bond acceptors (Lipinski definition) is 0. The Kier molecular flexibility index (Phi) is 119. The van der Waals surface area contributed by atoms with Crippen molar-refractivity contribution in [1.82, 2.24) is 0 Å². The summed E-state index contributed by atoms with van der Waals surface area (Å²) in [5, 5.41) is 0. The molecule has 0 amide bonds. The van der Waals surface area contributed by atoms with E-state index in [-0.39, 0.29) is 91.1 Å². The number of halogens is 1. The fourth-order valence-electron chi connectivity index (χ4n) is 0. The molecule has 4 heavy (non-hydrogen) atoms. The zero-order valence-corrected chi connectivity index (χ0v) is 13.5. The van der Waals surface area contributed by atoms with Crippen molar-refractivity contribution in [3.63, 3.8) is 0 Å². The van der Waals surface area contributed by atoms with Crippen LogP contribution in [0, 0.1) is 0 Å². The minimum absolute atomic E-state index is 0. The molecule has 29 valence electrons. The predicted molar refractivity (Wildman–Crippen MR) is 9.94 cm³/mol. The van der Waals surface area contributed by atoms with Crippen molar-refractivity contribution in [2.24, 2.45) is 0 Å². The Morgan fingerprint density at radius 3 is 1.00 bits per heavy atom. The summed E-state index contributed by atoms with van der Waals surface area (Å²) >= 11 is 0. The van der Waals surface area contributed by atoms with Crippen LogP contribution in [0.3, 0.4) is 0 Å². The quantitative estimate of drug-likeness (QED) is 0.226. The van der Waals surface area contributed by atoms with Crippen LogP contribution in [0.2, 0.25) is 0 Å². The first kappa shape index (κ1) is 28.4. The average molecular weight is 517 g/mol. The van der Waals surface area contributed by atoms with Gasteiger partial charge in [-0.15, -0.1) is 0 Å². The molecule has 1 radical (unpaired) electrons. The van der Waals surface area contributed by atoms with E-state index in [1.807, 2.05) is 0 Å². The van der Waals surface area contributed by atoms with Gasteiger partial charge in [-0.1, -0.05) is 0 Å². The summed E-state index contributed by atoms with van der Waals surface area (Å²) in [6.45, 7) is 0. The van der Waals surface area contributed by atoms with Crippen molar-refractivity contribution in [2.45, 2.75) is 0 Å². The predicted octanol–water partition coefficient (Wildman–Crippen LogP) is -4.18. The van der Waals surface area contributed by atoms with E-state index < -0.39 is 0 Å². The Hall–Kier alpha value is 2.92. The molecule has 0 aromatic carbocycles. The van der Waals surface area contributed by atoms with Gasteiger partial charge in [0, 0.05) is 50.0 Å². The number of hydrogen-bond donors (Lipinski definition) is 0. The molecule has 0 bridgehead atoms. The van der Waals surface area contributed by atoms with Gasteiger partial charge < -0.3 is 24.0 Å². The van der Waals surface area contributed by atoms with Gasteiger partial charge in [-0.25, -0.2) is 0 Å². The molecule has 0 nitrogen and oxygen atoms in total. The first-order valence-electron chi connectivity index (χ1n) is 0. The van der Waals surface area contributed by atoms with Crippen LogP contribution in [0.4, 0.5) is 0 Å². The molecule has 0 rings (SSSR count). The first-order valence-corrected chi connectivity index (χ1v) is 0. The van der Waals surface area contributed by atoms with Crippen LogP contribution in [0.5, 0.6) is 0 Å². The zero-order valence-electron chi connectivity index (χ0n) is 1.96. The second-order valence-corrected chi connectivity index (χ2v) is 0. The molecule has 0 aliphatic heterocycles. The fraction of sp³-hybridized carbons (Fsp3) is 0. The Morgan fingerprint density at radius 2 is 1.00 bits per heavy atom. The van der Waals surface area contributed by atoms with E-state index in [9.17, 15) is 0 Å². The molecule has 0 aliphatic rings. The average Bonchev–Trinajstić information content (AvgIpc) is 0. The van der Waals surface area contributed by atoms with Gasteiger partial charge in [0.1, 0.15) is 0 Å². The summed E-state index contributed by atoms with van der Waals surface area (Å²) < 4.78 is 0. The third-order valence-electron chi connectivity index (χ3n) is 0. The first-order chi connectivity index (χ1) is 0. The Bertz CT molecular complexity index is 8.00. The Morgan fingerprint density at radius 1 is 1.00 bits per heavy atom. The van der Waals surface area contributed by atoms with E-state index in [4.69, 9.17) is 0 Å². The van der Waals surface area contributed by atoms with E-state index in [1.165, 1.54) is 0 Å². The van der Waals surface area contributed by atoms with Crippen LogP contribution >= 0.6 is 0 Å². The fourth-order valence-corrected chi connectivity index (χ4v) is 0. The molecule has 0 heterocycles. The summed E-state index contributed by atoms with van der Waals surface area (Å²) in [6.07, 6.45) is 0. The van der Waals surface area contributed by atoms with E-state index in [2.05, 4.69) is 0 Å². The van der Waals surface area contributed by atoms with E-state index >= 15 is 0 Å². The van der Waals surface area contributed by atoms with E-state index in [0.717, 1.165) is 0 Å². The van der Waals surface area contributed by atoms with Crippen molar-refractivity contribution >= 4 is 17.1 Å². The van der Waals surface area contributed by atoms with Gasteiger partial charge in [0.2, 0.25) is 0 Å². The maximum atomic E-state index is 0. The minimum atomic E-state index is 0. The molecular formula is H3AgHgISe. The SMILES string of the molecule is [Ag].[Hg].[I-].[SeH3+]. The molecule has 0 saturated carbocycles. The summed E-state index contributed by atoms with van der Waals surface area (Å²) in [5.41, 5.74) is 0. The number of rotatable bonds is 0. The van der Waals surface area contributed by atoms with Gasteiger partial charge in [-0.05, 0) is 0 Å². The van der Waals surface area contributed by atoms with Crippen molar-refractivity contribution in [2.75, 3.05) is 0 Å². The Labute approximate surface area is 89.4 Å². The summed E-state index contributed by atoms with van der Waals surface area (Å²) in [5.74, 6) is 0. The van der Waals surface area contributed by atoms with Gasteiger partial charge in [-0.2, -0.15) is 0 Å². The third kappa shape index (κ3) is 8.87. The molecule has 4 heteroatoms. The van der Waals surface area contributed by atoms with Crippen molar-refractivity contribution in [3.8, 4) is 0 Å². The monoisotopic (exact) mass is 519 g/mol. The molecule has 0 aromatic rings. The van der Waals surface area contributed by atoms with Crippen LogP contribution < -0.4 is 24.0 Å². The molecular weight excluding hydrogens is 514 g/mol. The molecule has 0 spiro atoms. The standard InChI is InChI=1S/Ag.Hg.HI.H2Se/h;;1H;1H2. The van der Waals surface area contributed by atoms with Gasteiger partial charge in [0.25, 0.3) is 0 Å². The van der Waals surface area contributed by atoms with Gasteiger partial charge in [0.05, 0.1) is 0 Å². The topological polar surface area (TPSA) is 0 Å². The second kappa shape index (κ2) is 16.8. The van der Waals surface area contributed by atoms with Crippen LogP contribution in [0.15, 0.2) is 0 Å². The van der Waals surface area contributed by atoms with Crippen LogP contribution in [-0.4, -0.2) is 17.1 Å². The zero-order chi connectivity index (χ0) is 0. The molecule has 0 N–H and O–H groups in total. The van der Waals surface area contributed by atoms with E-state index in [1.54, 1.807) is 0 Å². The van der Waals surface area contributed by atoms with Gasteiger partial charge in [0.15, 0.2) is 0 Å². The molecule has 0 aromatic heterocycles. The van der Waals surface area contributed by atoms with Crippen molar-refractivity contribution < 1.29 is 74.0 Å². The van der Waals surface area contributed by atoms with Crippen LogP contribution in [-0.2, 0) is 50.0 Å². The normalized spacial score (nSPS) is 0. The van der Waals surface area contributed by atoms with Crippen LogP contribution in [0.25, 0.3) is 0 Å². The molecule has 0 unspecified atom stereocenters. The van der Waals surface area contributed by atoms with Crippen LogP contribution in [0.1, 0.15) is 0 Å². The third-order valence-corrected chi connectivity index (χ3v) is 0.